The van der Waals surface area contributed by atoms with Crippen LogP contribution in [0, 0.1) is 0 Å². The van der Waals surface area contributed by atoms with Crippen molar-refractivity contribution in [3.63, 3.8) is 0 Å². The van der Waals surface area contributed by atoms with E-state index in [0.717, 1.165) is 5.69 Å². The maximum atomic E-state index is 13.0. The largest absolute Gasteiger partial charge is 0.334 e. The first-order valence-corrected chi connectivity index (χ1v) is 10.1. The van der Waals surface area contributed by atoms with Crippen molar-refractivity contribution in [1.29, 1.82) is 0 Å². The molecular formula is C19H19N5O3S. The summed E-state index contributed by atoms with van der Waals surface area (Å²) in [6.45, 7) is 0.381. The number of benzene rings is 1. The Morgan fingerprint density at radius 1 is 1.14 bits per heavy atom. The quantitative estimate of drug-likeness (QED) is 0.671. The van der Waals surface area contributed by atoms with E-state index in [9.17, 15) is 13.2 Å². The highest BCUT2D eigenvalue weighted by Crippen LogP contribution is 2.30. The Hall–Kier alpha value is -3.04. The molecule has 3 heterocycles. The molecule has 0 saturated carbocycles. The molecule has 144 valence electrons. The van der Waals surface area contributed by atoms with E-state index < -0.39 is 10.0 Å². The van der Waals surface area contributed by atoms with Gasteiger partial charge in [0.05, 0.1) is 30.2 Å². The van der Waals surface area contributed by atoms with Gasteiger partial charge in [-0.25, -0.2) is 13.4 Å². The number of sulfonamides is 1. The third-order valence-electron chi connectivity index (χ3n) is 4.73. The molecule has 1 aliphatic rings. The Morgan fingerprint density at radius 2 is 1.89 bits per heavy atom. The summed E-state index contributed by atoms with van der Waals surface area (Å²) in [7, 11) is -0.481. The van der Waals surface area contributed by atoms with Crippen molar-refractivity contribution < 1.29 is 13.2 Å². The Kier molecular flexibility index (Phi) is 4.48. The number of amides is 1. The second-order valence-corrected chi connectivity index (χ2v) is 8.63. The summed E-state index contributed by atoms with van der Waals surface area (Å²) < 4.78 is 28.6. The van der Waals surface area contributed by atoms with Crippen LogP contribution in [-0.4, -0.2) is 52.2 Å². The van der Waals surface area contributed by atoms with E-state index in [1.54, 1.807) is 42.1 Å². The predicted octanol–water partition coefficient (Wildman–Crippen LogP) is 1.67. The Balaban J connectivity index is 1.75. The van der Waals surface area contributed by atoms with Crippen LogP contribution < -0.4 is 0 Å². The molecule has 0 N–H and O–H groups in total. The third-order valence-corrected chi connectivity index (χ3v) is 6.58. The number of aromatic nitrogens is 3. The van der Waals surface area contributed by atoms with E-state index in [-0.39, 0.29) is 23.0 Å². The summed E-state index contributed by atoms with van der Waals surface area (Å²) in [6.07, 6.45) is 3.18. The standard InChI is InChI=1S/C19H19N5O3S/c1-22(11-14-7-5-6-10-20-14)19(25)18-16-12-23(2)28(26,27)17-9-4-3-8-15(17)24(16)13-21-18/h3-10,13H,11-12H2,1-2H3. The number of nitrogens with zero attached hydrogens (tertiary/aromatic N) is 5. The summed E-state index contributed by atoms with van der Waals surface area (Å²) in [5.41, 5.74) is 2.01. The normalized spacial score (nSPS) is 15.4. The van der Waals surface area contributed by atoms with Crippen LogP contribution >= 0.6 is 0 Å². The number of imidazole rings is 1. The fourth-order valence-electron chi connectivity index (χ4n) is 3.24. The molecule has 28 heavy (non-hydrogen) atoms. The molecule has 4 rings (SSSR count). The Morgan fingerprint density at radius 3 is 2.64 bits per heavy atom. The van der Waals surface area contributed by atoms with Gasteiger partial charge < -0.3 is 4.90 Å². The molecule has 0 atom stereocenters. The Labute approximate surface area is 163 Å². The van der Waals surface area contributed by atoms with Gasteiger partial charge in [0.25, 0.3) is 5.91 Å². The smallest absolute Gasteiger partial charge is 0.274 e. The predicted molar refractivity (Wildman–Crippen MR) is 102 cm³/mol. The lowest BCUT2D eigenvalue weighted by atomic mass is 10.2. The van der Waals surface area contributed by atoms with Gasteiger partial charge in [0, 0.05) is 20.3 Å². The van der Waals surface area contributed by atoms with Gasteiger partial charge in [-0.3, -0.25) is 14.3 Å². The van der Waals surface area contributed by atoms with Crippen LogP contribution in [0.4, 0.5) is 0 Å². The molecule has 0 radical (unpaired) electrons. The van der Waals surface area contributed by atoms with Crippen LogP contribution in [-0.2, 0) is 23.1 Å². The van der Waals surface area contributed by atoms with Gasteiger partial charge in [-0.05, 0) is 24.3 Å². The number of rotatable bonds is 3. The van der Waals surface area contributed by atoms with Crippen molar-refractivity contribution in [1.82, 2.24) is 23.7 Å². The van der Waals surface area contributed by atoms with E-state index in [2.05, 4.69) is 9.97 Å². The van der Waals surface area contributed by atoms with Crippen LogP contribution in [0.15, 0.2) is 59.9 Å². The van der Waals surface area contributed by atoms with Gasteiger partial charge in [0.15, 0.2) is 5.69 Å². The van der Waals surface area contributed by atoms with E-state index >= 15 is 0 Å². The summed E-state index contributed by atoms with van der Waals surface area (Å²) >= 11 is 0. The SMILES string of the molecule is CN(Cc1ccccn1)C(=O)c1ncn2c1CN(C)S(=O)(=O)c1ccccc1-2. The number of hydrogen-bond acceptors (Lipinski definition) is 5. The van der Waals surface area contributed by atoms with Gasteiger partial charge in [-0.15, -0.1) is 0 Å². The number of fused-ring (bicyclic) bond motifs is 3. The van der Waals surface area contributed by atoms with Crippen molar-refractivity contribution in [2.45, 2.75) is 18.0 Å². The fraction of sp³-hybridized carbons (Fsp3) is 0.211. The molecule has 8 nitrogen and oxygen atoms in total. The number of hydrogen-bond donors (Lipinski definition) is 0. The summed E-state index contributed by atoms with van der Waals surface area (Å²) in [5.74, 6) is -0.287. The zero-order valence-electron chi connectivity index (χ0n) is 15.5. The summed E-state index contributed by atoms with van der Waals surface area (Å²) in [5, 5.41) is 0. The van der Waals surface area contributed by atoms with Crippen LogP contribution in [0.3, 0.4) is 0 Å². The van der Waals surface area contributed by atoms with Gasteiger partial charge in [0.1, 0.15) is 11.2 Å². The third kappa shape index (κ3) is 2.98. The molecule has 1 aliphatic heterocycles. The van der Waals surface area contributed by atoms with Crippen LogP contribution in [0.25, 0.3) is 5.69 Å². The molecule has 0 aliphatic carbocycles. The topological polar surface area (TPSA) is 88.4 Å². The molecule has 0 fully saturated rings. The Bertz CT molecular complexity index is 1140. The maximum absolute atomic E-state index is 13.0. The number of para-hydroxylation sites is 1. The first-order valence-electron chi connectivity index (χ1n) is 8.67. The molecule has 3 aromatic rings. The van der Waals surface area contributed by atoms with Crippen molar-refractivity contribution in [2.24, 2.45) is 0 Å². The maximum Gasteiger partial charge on any atom is 0.274 e. The average Bonchev–Trinajstić information content (AvgIpc) is 3.08. The molecule has 9 heteroatoms. The summed E-state index contributed by atoms with van der Waals surface area (Å²) in [4.78, 5) is 23.3. The molecule has 2 aromatic heterocycles. The van der Waals surface area contributed by atoms with Crippen molar-refractivity contribution >= 4 is 15.9 Å². The van der Waals surface area contributed by atoms with E-state index in [0.29, 0.717) is 17.9 Å². The zero-order chi connectivity index (χ0) is 19.9. The van der Waals surface area contributed by atoms with Gasteiger partial charge in [-0.2, -0.15) is 4.31 Å². The molecule has 0 bridgehead atoms. The average molecular weight is 397 g/mol. The highest BCUT2D eigenvalue weighted by atomic mass is 32.2. The van der Waals surface area contributed by atoms with Gasteiger partial charge in [0.2, 0.25) is 10.0 Å². The molecular weight excluding hydrogens is 378 g/mol. The van der Waals surface area contributed by atoms with Crippen LogP contribution in [0.1, 0.15) is 21.9 Å². The number of carbonyl (C=O) groups is 1. The van der Waals surface area contributed by atoms with Crippen molar-refractivity contribution in [3.05, 3.63) is 72.1 Å². The lowest BCUT2D eigenvalue weighted by molar-refractivity contribution is 0.0776. The lowest BCUT2D eigenvalue weighted by Gasteiger charge is -2.18. The molecule has 1 amide bonds. The van der Waals surface area contributed by atoms with Gasteiger partial charge >= 0.3 is 0 Å². The monoisotopic (exact) mass is 397 g/mol. The molecule has 1 aromatic carbocycles. The minimum atomic E-state index is -3.66. The zero-order valence-corrected chi connectivity index (χ0v) is 16.3. The second kappa shape index (κ2) is 6.84. The van der Waals surface area contributed by atoms with Crippen molar-refractivity contribution in [3.8, 4) is 5.69 Å². The first kappa shape index (κ1) is 18.3. The van der Waals surface area contributed by atoms with Crippen LogP contribution in [0.2, 0.25) is 0 Å². The first-order chi connectivity index (χ1) is 13.4. The van der Waals surface area contributed by atoms with E-state index in [1.807, 2.05) is 18.2 Å². The highest BCUT2D eigenvalue weighted by molar-refractivity contribution is 7.89. The highest BCUT2D eigenvalue weighted by Gasteiger charge is 2.33. The molecule has 0 unspecified atom stereocenters. The fourth-order valence-corrected chi connectivity index (χ4v) is 4.55. The molecule has 0 spiro atoms. The number of pyridine rings is 1. The minimum Gasteiger partial charge on any atom is -0.334 e. The van der Waals surface area contributed by atoms with Gasteiger partial charge in [-0.1, -0.05) is 18.2 Å². The second-order valence-electron chi connectivity index (χ2n) is 6.62. The van der Waals surface area contributed by atoms with E-state index in [4.69, 9.17) is 0 Å². The van der Waals surface area contributed by atoms with E-state index in [1.165, 1.54) is 22.6 Å². The lowest BCUT2D eigenvalue weighted by Crippen LogP contribution is -2.30. The van der Waals surface area contributed by atoms with Crippen molar-refractivity contribution in [2.75, 3.05) is 14.1 Å². The molecule has 0 saturated heterocycles. The number of carbonyl (C=O) groups excluding carboxylic acids is 1. The minimum absolute atomic E-state index is 0.0511. The summed E-state index contributed by atoms with van der Waals surface area (Å²) in [6, 6.07) is 12.2. The van der Waals surface area contributed by atoms with Crippen LogP contribution in [0.5, 0.6) is 0 Å².